The summed E-state index contributed by atoms with van der Waals surface area (Å²) in [6.45, 7) is 0. The number of hydrogen-bond donors (Lipinski definition) is 1. The second-order valence-electron chi connectivity index (χ2n) is 2.41. The Bertz CT molecular complexity index is 393. The third-order valence-electron chi connectivity index (χ3n) is 1.50. The Balaban J connectivity index is 3.31. The van der Waals surface area contributed by atoms with Crippen LogP contribution in [0.4, 0.5) is 5.69 Å². The third kappa shape index (κ3) is 1.73. The van der Waals surface area contributed by atoms with Crippen LogP contribution in [0.15, 0.2) is 27.7 Å². The molecular weight excluding hydrogens is 174 g/mol. The normalized spacial score (nSPS) is 15.2. The van der Waals surface area contributed by atoms with Gasteiger partial charge in [0.1, 0.15) is 5.03 Å². The van der Waals surface area contributed by atoms with E-state index >= 15 is 0 Å². The molecule has 0 aliphatic rings. The van der Waals surface area contributed by atoms with Crippen LogP contribution >= 0.6 is 0 Å². The van der Waals surface area contributed by atoms with Crippen molar-refractivity contribution >= 4 is 15.4 Å². The van der Waals surface area contributed by atoms with Gasteiger partial charge in [0, 0.05) is 25.2 Å². The van der Waals surface area contributed by atoms with E-state index in [1.807, 2.05) is 0 Å². The Morgan fingerprint density at radius 1 is 1.67 bits per heavy atom. The SMILES string of the molecule is CN=S(C)(=O)c1cc(N)ccn1. The second kappa shape index (κ2) is 3.10. The van der Waals surface area contributed by atoms with E-state index in [0.29, 0.717) is 10.7 Å². The summed E-state index contributed by atoms with van der Waals surface area (Å²) in [7, 11) is -0.830. The molecule has 0 amide bonds. The molecule has 0 aliphatic carbocycles. The van der Waals surface area contributed by atoms with Crippen molar-refractivity contribution in [2.24, 2.45) is 4.36 Å². The number of aromatic nitrogens is 1. The lowest BCUT2D eigenvalue weighted by Gasteiger charge is -2.01. The molecule has 2 N–H and O–H groups in total. The molecule has 12 heavy (non-hydrogen) atoms. The van der Waals surface area contributed by atoms with Crippen LogP contribution in [0.5, 0.6) is 0 Å². The molecule has 1 atom stereocenters. The Morgan fingerprint density at radius 3 is 2.83 bits per heavy atom. The zero-order valence-electron chi connectivity index (χ0n) is 7.02. The first kappa shape index (κ1) is 8.99. The predicted octanol–water partition coefficient (Wildman–Crippen LogP) is 0.750. The lowest BCUT2D eigenvalue weighted by molar-refractivity contribution is 0.677. The molecule has 66 valence electrons. The van der Waals surface area contributed by atoms with Gasteiger partial charge in [-0.15, -0.1) is 0 Å². The topological polar surface area (TPSA) is 68.3 Å². The molecule has 0 saturated carbocycles. The number of rotatable bonds is 1. The summed E-state index contributed by atoms with van der Waals surface area (Å²) in [6, 6.07) is 3.23. The molecule has 0 aromatic carbocycles. The zero-order chi connectivity index (χ0) is 9.19. The van der Waals surface area contributed by atoms with Crippen LogP contribution in [0.2, 0.25) is 0 Å². The van der Waals surface area contributed by atoms with Crippen LogP contribution in [-0.4, -0.2) is 22.5 Å². The van der Waals surface area contributed by atoms with E-state index in [1.165, 1.54) is 19.5 Å². The van der Waals surface area contributed by atoms with E-state index in [1.54, 1.807) is 12.1 Å². The third-order valence-corrected chi connectivity index (χ3v) is 3.19. The van der Waals surface area contributed by atoms with Gasteiger partial charge in [0.25, 0.3) is 0 Å². The number of pyridine rings is 1. The van der Waals surface area contributed by atoms with E-state index in [0.717, 1.165) is 0 Å². The smallest absolute Gasteiger partial charge is 0.137 e. The molecule has 1 aromatic heterocycles. The molecular formula is C7H11N3OS. The van der Waals surface area contributed by atoms with E-state index in [9.17, 15) is 4.21 Å². The Kier molecular flexibility index (Phi) is 2.32. The molecule has 5 heteroatoms. The van der Waals surface area contributed by atoms with Crippen LogP contribution in [0.25, 0.3) is 0 Å². The number of anilines is 1. The maximum atomic E-state index is 11.6. The first-order valence-electron chi connectivity index (χ1n) is 3.38. The Hall–Kier alpha value is -1.10. The summed E-state index contributed by atoms with van der Waals surface area (Å²) in [5.74, 6) is 0. The summed E-state index contributed by atoms with van der Waals surface area (Å²) in [4.78, 5) is 3.93. The number of nitrogens with two attached hydrogens (primary N) is 1. The summed E-state index contributed by atoms with van der Waals surface area (Å²) < 4.78 is 15.4. The van der Waals surface area contributed by atoms with Crippen LogP contribution in [-0.2, 0) is 9.73 Å². The number of nitrogen functional groups attached to an aromatic ring is 1. The molecule has 1 unspecified atom stereocenters. The van der Waals surface area contributed by atoms with Gasteiger partial charge >= 0.3 is 0 Å². The standard InChI is InChI=1S/C7H11N3OS/c1-9-12(2,11)7-5-6(8)3-4-10-7/h3-5H,1-2H3,(H2,8,10). The quantitative estimate of drug-likeness (QED) is 0.702. The predicted molar refractivity (Wildman–Crippen MR) is 49.3 cm³/mol. The van der Waals surface area contributed by atoms with E-state index in [2.05, 4.69) is 9.35 Å². The van der Waals surface area contributed by atoms with Crippen molar-refractivity contribution in [2.75, 3.05) is 19.0 Å². The molecule has 0 spiro atoms. The van der Waals surface area contributed by atoms with Crippen molar-refractivity contribution in [3.63, 3.8) is 0 Å². The van der Waals surface area contributed by atoms with Gasteiger partial charge in [0.2, 0.25) is 0 Å². The lowest BCUT2D eigenvalue weighted by Crippen LogP contribution is -2.01. The van der Waals surface area contributed by atoms with Crippen molar-refractivity contribution in [3.05, 3.63) is 18.3 Å². The van der Waals surface area contributed by atoms with Crippen molar-refractivity contribution in [1.82, 2.24) is 4.98 Å². The maximum absolute atomic E-state index is 11.6. The highest BCUT2D eigenvalue weighted by atomic mass is 32.2. The maximum Gasteiger partial charge on any atom is 0.137 e. The Morgan fingerprint density at radius 2 is 2.33 bits per heavy atom. The minimum atomic E-state index is -2.34. The van der Waals surface area contributed by atoms with E-state index in [-0.39, 0.29) is 0 Å². The van der Waals surface area contributed by atoms with Gasteiger partial charge in [-0.1, -0.05) is 0 Å². The largest absolute Gasteiger partial charge is 0.399 e. The highest BCUT2D eigenvalue weighted by molar-refractivity contribution is 7.92. The minimum Gasteiger partial charge on any atom is -0.399 e. The average Bonchev–Trinajstić information content (AvgIpc) is 2.05. The summed E-state index contributed by atoms with van der Waals surface area (Å²) in [5.41, 5.74) is 6.06. The van der Waals surface area contributed by atoms with Crippen LogP contribution in [0, 0.1) is 0 Å². The first-order valence-corrected chi connectivity index (χ1v) is 5.30. The van der Waals surface area contributed by atoms with Crippen LogP contribution in [0.1, 0.15) is 0 Å². The number of hydrogen-bond acceptors (Lipinski definition) is 4. The highest BCUT2D eigenvalue weighted by Gasteiger charge is 2.05. The molecule has 0 radical (unpaired) electrons. The summed E-state index contributed by atoms with van der Waals surface area (Å²) in [6.07, 6.45) is 3.06. The van der Waals surface area contributed by atoms with Crippen molar-refractivity contribution in [2.45, 2.75) is 5.03 Å². The van der Waals surface area contributed by atoms with Gasteiger partial charge in [-0.2, -0.15) is 0 Å². The molecule has 1 rings (SSSR count). The second-order valence-corrected chi connectivity index (χ2v) is 4.80. The zero-order valence-corrected chi connectivity index (χ0v) is 7.84. The van der Waals surface area contributed by atoms with Crippen LogP contribution < -0.4 is 5.73 Å². The Labute approximate surface area is 72.0 Å². The van der Waals surface area contributed by atoms with E-state index < -0.39 is 9.73 Å². The highest BCUT2D eigenvalue weighted by Crippen LogP contribution is 2.10. The summed E-state index contributed by atoms with van der Waals surface area (Å²) >= 11 is 0. The molecule has 1 heterocycles. The van der Waals surface area contributed by atoms with Gasteiger partial charge < -0.3 is 5.73 Å². The summed E-state index contributed by atoms with van der Waals surface area (Å²) in [5, 5.41) is 0.435. The molecule has 1 aromatic rings. The van der Waals surface area contributed by atoms with Gasteiger partial charge in [-0.25, -0.2) is 13.6 Å². The molecule has 0 bridgehead atoms. The van der Waals surface area contributed by atoms with Gasteiger partial charge in [-0.05, 0) is 12.1 Å². The van der Waals surface area contributed by atoms with Crippen LogP contribution in [0.3, 0.4) is 0 Å². The van der Waals surface area contributed by atoms with Gasteiger partial charge in [0.05, 0.1) is 9.73 Å². The minimum absolute atomic E-state index is 0.435. The van der Waals surface area contributed by atoms with Gasteiger partial charge in [-0.3, -0.25) is 0 Å². The van der Waals surface area contributed by atoms with Crippen molar-refractivity contribution in [1.29, 1.82) is 0 Å². The molecule has 0 aliphatic heterocycles. The van der Waals surface area contributed by atoms with Gasteiger partial charge in [0.15, 0.2) is 0 Å². The first-order chi connectivity index (χ1) is 5.56. The fraction of sp³-hybridized carbons (Fsp3) is 0.286. The fourth-order valence-electron chi connectivity index (χ4n) is 0.725. The molecule has 4 nitrogen and oxygen atoms in total. The van der Waals surface area contributed by atoms with Crippen molar-refractivity contribution in [3.8, 4) is 0 Å². The number of nitrogens with zero attached hydrogens (tertiary/aromatic N) is 2. The fourth-order valence-corrected chi connectivity index (χ4v) is 1.52. The molecule has 0 saturated heterocycles. The monoisotopic (exact) mass is 185 g/mol. The molecule has 0 fully saturated rings. The lowest BCUT2D eigenvalue weighted by atomic mass is 10.4. The van der Waals surface area contributed by atoms with E-state index in [4.69, 9.17) is 5.73 Å². The van der Waals surface area contributed by atoms with Crippen molar-refractivity contribution < 1.29 is 4.21 Å². The average molecular weight is 185 g/mol.